The van der Waals surface area contributed by atoms with E-state index < -0.39 is 26.7 Å². The third kappa shape index (κ3) is 5.22. The Morgan fingerprint density at radius 3 is 2.23 bits per heavy atom. The average molecular weight is 354 g/mol. The lowest BCUT2D eigenvalue weighted by Gasteiger charge is -2.29. The van der Waals surface area contributed by atoms with Crippen LogP contribution in [0.2, 0.25) is 0 Å². The van der Waals surface area contributed by atoms with Gasteiger partial charge < -0.3 is 30.0 Å². The van der Waals surface area contributed by atoms with Gasteiger partial charge in [-0.25, -0.2) is 0 Å². The molecule has 0 saturated heterocycles. The summed E-state index contributed by atoms with van der Waals surface area (Å²) in [6.45, 7) is 0.309. The molecule has 0 unspecified atom stereocenters. The maximum absolute atomic E-state index is 11.1. The van der Waals surface area contributed by atoms with Crippen molar-refractivity contribution in [3.8, 4) is 0 Å². The van der Waals surface area contributed by atoms with Crippen molar-refractivity contribution in [3.63, 3.8) is 0 Å². The maximum atomic E-state index is 11.1. The summed E-state index contributed by atoms with van der Waals surface area (Å²) < 4.78 is 22.2. The Balaban J connectivity index is 2.39. The minimum Gasteiger partial charge on any atom is -0.367 e. The molecule has 1 rings (SSSR count). The predicted molar refractivity (Wildman–Crippen MR) is 79.1 cm³/mol. The zero-order valence-corrected chi connectivity index (χ0v) is 13.5. The lowest BCUT2D eigenvalue weighted by Crippen LogP contribution is -2.33. The van der Waals surface area contributed by atoms with Crippen molar-refractivity contribution in [1.29, 1.82) is 0 Å². The number of aromatic nitrogens is 1. The van der Waals surface area contributed by atoms with Gasteiger partial charge in [-0.1, -0.05) is 6.07 Å². The second-order valence-corrected chi connectivity index (χ2v) is 8.80. The first-order valence-corrected chi connectivity index (χ1v) is 9.75. The summed E-state index contributed by atoms with van der Waals surface area (Å²) in [5, 5.41) is 9.07. The minimum absolute atomic E-state index is 0.144. The van der Waals surface area contributed by atoms with Crippen molar-refractivity contribution in [3.05, 3.63) is 30.1 Å². The summed E-state index contributed by atoms with van der Waals surface area (Å²) in [5.74, 6) is 0. The van der Waals surface area contributed by atoms with E-state index in [0.717, 1.165) is 5.69 Å². The van der Waals surface area contributed by atoms with Gasteiger partial charge in [0.25, 0.3) is 5.08 Å². The molecular weight excluding hydrogens is 334 g/mol. The van der Waals surface area contributed by atoms with E-state index >= 15 is 0 Å². The van der Waals surface area contributed by atoms with Gasteiger partial charge in [0.15, 0.2) is 0 Å². The van der Waals surface area contributed by atoms with Crippen LogP contribution >= 0.6 is 15.2 Å². The van der Waals surface area contributed by atoms with Gasteiger partial charge in [0.1, 0.15) is 0 Å². The van der Waals surface area contributed by atoms with E-state index in [1.54, 1.807) is 12.3 Å². The molecule has 0 spiro atoms. The quantitative estimate of drug-likeness (QED) is 0.265. The Labute approximate surface area is 127 Å². The summed E-state index contributed by atoms with van der Waals surface area (Å²) >= 11 is 0. The van der Waals surface area contributed by atoms with Gasteiger partial charge in [0, 0.05) is 18.3 Å². The fourth-order valence-electron chi connectivity index (χ4n) is 1.78. The molecule has 126 valence electrons. The van der Waals surface area contributed by atoms with Crippen LogP contribution < -0.4 is 5.32 Å². The number of rotatable bonds is 9. The fraction of sp³-hybridized carbons (Fsp3) is 0.545. The second kappa shape index (κ2) is 7.77. The molecule has 1 aromatic heterocycles. The molecule has 0 aliphatic heterocycles. The number of pyridine rings is 1. The number of aryl methyl sites for hydroxylation is 1. The van der Waals surface area contributed by atoms with Gasteiger partial charge in [-0.2, -0.15) is 0 Å². The van der Waals surface area contributed by atoms with E-state index in [-0.39, 0.29) is 6.54 Å². The van der Waals surface area contributed by atoms with Gasteiger partial charge in [-0.05, 0) is 38.1 Å². The molecule has 0 bridgehead atoms. The van der Waals surface area contributed by atoms with Crippen LogP contribution in [0.15, 0.2) is 24.4 Å². The van der Waals surface area contributed by atoms with Gasteiger partial charge in [0.05, 0.1) is 0 Å². The van der Waals surface area contributed by atoms with Crippen LogP contribution in [0.3, 0.4) is 0 Å². The van der Waals surface area contributed by atoms with E-state index in [0.29, 0.717) is 19.4 Å². The van der Waals surface area contributed by atoms with Crippen molar-refractivity contribution < 1.29 is 33.8 Å². The van der Waals surface area contributed by atoms with Crippen molar-refractivity contribution in [2.45, 2.75) is 24.3 Å². The number of nitrogens with one attached hydrogen (secondary N) is 1. The fourth-order valence-corrected chi connectivity index (χ4v) is 3.95. The lowest BCUT2D eigenvalue weighted by molar-refractivity contribution is 0.123. The van der Waals surface area contributed by atoms with Gasteiger partial charge in [-0.3, -0.25) is 14.1 Å². The smallest absolute Gasteiger partial charge is 0.367 e. The predicted octanol–water partition coefficient (Wildman–Crippen LogP) is -0.00460. The Morgan fingerprint density at radius 2 is 1.73 bits per heavy atom. The number of nitrogens with zero attached hydrogens (tertiary/aromatic N) is 1. The monoisotopic (exact) mass is 354 g/mol. The molecule has 0 aliphatic carbocycles. The number of hydrogen-bond donors (Lipinski definition) is 6. The Kier molecular flexibility index (Phi) is 6.85. The molecule has 0 saturated carbocycles. The third-order valence-corrected chi connectivity index (χ3v) is 6.96. The molecule has 1 aromatic rings. The van der Waals surface area contributed by atoms with Crippen LogP contribution in [0.4, 0.5) is 0 Å². The minimum atomic E-state index is -5.37. The number of hydrogen-bond acceptors (Lipinski definition) is 5. The van der Waals surface area contributed by atoms with Crippen molar-refractivity contribution in [2.75, 3.05) is 13.1 Å². The van der Waals surface area contributed by atoms with E-state index in [2.05, 4.69) is 10.3 Å². The first kappa shape index (κ1) is 19.4. The van der Waals surface area contributed by atoms with Crippen molar-refractivity contribution in [1.82, 2.24) is 10.3 Å². The third-order valence-electron chi connectivity index (χ3n) is 3.08. The molecule has 9 nitrogen and oxygen atoms in total. The zero-order valence-electron chi connectivity index (χ0n) is 11.7. The Bertz CT molecular complexity index is 535. The Hall–Kier alpha value is -0.630. The zero-order chi connectivity index (χ0) is 16.9. The largest absolute Gasteiger partial charge is 0.369 e. The highest BCUT2D eigenvalue weighted by molar-refractivity contribution is 7.72. The summed E-state index contributed by atoms with van der Waals surface area (Å²) in [6.07, 6.45) is 2.28. The van der Waals surface area contributed by atoms with Crippen LogP contribution in [0.25, 0.3) is 0 Å². The van der Waals surface area contributed by atoms with Gasteiger partial charge in [-0.15, -0.1) is 0 Å². The maximum Gasteiger partial charge on any atom is 0.369 e. The van der Waals surface area contributed by atoms with E-state index in [1.165, 1.54) is 0 Å². The van der Waals surface area contributed by atoms with Crippen LogP contribution in [-0.4, -0.2) is 47.8 Å². The summed E-state index contributed by atoms with van der Waals surface area (Å²) in [7, 11) is -10.7. The molecule has 6 N–H and O–H groups in total. The second-order valence-electron chi connectivity index (χ2n) is 4.79. The highest BCUT2D eigenvalue weighted by Gasteiger charge is 2.58. The van der Waals surface area contributed by atoms with Gasteiger partial charge in [0.2, 0.25) is 0 Å². The van der Waals surface area contributed by atoms with Crippen LogP contribution in [0.1, 0.15) is 18.5 Å². The van der Waals surface area contributed by atoms with Crippen molar-refractivity contribution >= 4 is 15.2 Å². The normalized spacial score (nSPS) is 13.3. The highest BCUT2D eigenvalue weighted by Crippen LogP contribution is 2.68. The molecular formula is C11H20N2O7P2. The summed E-state index contributed by atoms with van der Waals surface area (Å²) in [6, 6.07) is 5.52. The Morgan fingerprint density at radius 1 is 1.09 bits per heavy atom. The standard InChI is InChI=1S/C11H20N2O7P2/c14-11(21(15,16)17,22(18,19)20)6-9-12-7-3-5-10-4-1-2-8-13-10/h1-2,4,8,12,14H,3,5-7,9H2,(H2,15,16,17)(H2,18,19,20). The first-order chi connectivity index (χ1) is 10.1. The molecule has 0 fully saturated rings. The molecule has 0 aliphatic rings. The molecule has 0 amide bonds. The molecule has 0 atom stereocenters. The lowest BCUT2D eigenvalue weighted by atomic mass is 10.2. The van der Waals surface area contributed by atoms with Crippen LogP contribution in [0, 0.1) is 0 Å². The van der Waals surface area contributed by atoms with Crippen LogP contribution in [0.5, 0.6) is 0 Å². The molecule has 11 heteroatoms. The molecule has 22 heavy (non-hydrogen) atoms. The van der Waals surface area contributed by atoms with Gasteiger partial charge >= 0.3 is 15.2 Å². The van der Waals surface area contributed by atoms with E-state index in [1.807, 2.05) is 12.1 Å². The SMILES string of the molecule is O=P(O)(O)C(O)(CCNCCCc1ccccn1)P(=O)(O)O. The van der Waals surface area contributed by atoms with Crippen LogP contribution in [-0.2, 0) is 15.6 Å². The molecule has 0 aromatic carbocycles. The van der Waals surface area contributed by atoms with Crippen molar-refractivity contribution in [2.24, 2.45) is 0 Å². The molecule has 0 radical (unpaired) electrons. The highest BCUT2D eigenvalue weighted by atomic mass is 31.2. The number of aliphatic hydroxyl groups is 1. The van der Waals surface area contributed by atoms with E-state index in [9.17, 15) is 14.2 Å². The summed E-state index contributed by atoms with van der Waals surface area (Å²) in [4.78, 5) is 40.0. The topological polar surface area (TPSA) is 160 Å². The first-order valence-electron chi connectivity index (χ1n) is 6.52. The molecule has 1 heterocycles. The summed E-state index contributed by atoms with van der Waals surface area (Å²) in [5.41, 5.74) is 0.895. The average Bonchev–Trinajstić information content (AvgIpc) is 2.41. The van der Waals surface area contributed by atoms with E-state index in [4.69, 9.17) is 19.6 Å².